The number of rotatable bonds is 3. The molecule has 0 atom stereocenters. The van der Waals surface area contributed by atoms with Crippen LogP contribution < -0.4 is 15.8 Å². The van der Waals surface area contributed by atoms with Gasteiger partial charge in [-0.2, -0.15) is 0 Å². The molecule has 3 N–H and O–H groups in total. The van der Waals surface area contributed by atoms with Crippen LogP contribution in [-0.4, -0.2) is 33.8 Å². The van der Waals surface area contributed by atoms with E-state index in [4.69, 9.17) is 15.2 Å². The summed E-state index contributed by atoms with van der Waals surface area (Å²) in [5, 5.41) is 2.99. The van der Waals surface area contributed by atoms with Gasteiger partial charge in [0.2, 0.25) is 0 Å². The van der Waals surface area contributed by atoms with Gasteiger partial charge in [0.15, 0.2) is 0 Å². The monoisotopic (exact) mass is 564 g/mol. The van der Waals surface area contributed by atoms with Gasteiger partial charge in [0, 0.05) is 17.2 Å². The molecule has 1 fully saturated rings. The Bertz CT molecular complexity index is 1060. The summed E-state index contributed by atoms with van der Waals surface area (Å²) in [6.45, 7) is 10.0. The maximum Gasteiger partial charge on any atom is 0.407 e. The first-order valence-corrected chi connectivity index (χ1v) is 12.6. The number of carbonyl (C=O) groups excluding carboxylic acids is 1. The highest BCUT2D eigenvalue weighted by Crippen LogP contribution is 2.47. The van der Waals surface area contributed by atoms with E-state index in [2.05, 4.69) is 57.8 Å². The van der Waals surface area contributed by atoms with Crippen molar-refractivity contribution in [2.75, 3.05) is 5.73 Å². The van der Waals surface area contributed by atoms with Crippen LogP contribution in [0.2, 0.25) is 0 Å². The van der Waals surface area contributed by atoms with Gasteiger partial charge in [0.25, 0.3) is 0 Å². The van der Waals surface area contributed by atoms with E-state index in [0.29, 0.717) is 5.82 Å². The van der Waals surface area contributed by atoms with Crippen molar-refractivity contribution in [2.45, 2.75) is 89.9 Å². The topological polar surface area (TPSA) is 99.4 Å². The Morgan fingerprint density at radius 2 is 1.88 bits per heavy atom. The van der Waals surface area contributed by atoms with Gasteiger partial charge < -0.3 is 20.5 Å². The van der Waals surface area contributed by atoms with Crippen LogP contribution in [0.3, 0.4) is 0 Å². The van der Waals surface area contributed by atoms with E-state index in [9.17, 15) is 4.79 Å². The lowest BCUT2D eigenvalue weighted by Crippen LogP contribution is -2.42. The Morgan fingerprint density at radius 1 is 1.18 bits per heavy atom. The summed E-state index contributed by atoms with van der Waals surface area (Å²) in [5.74, 6) is 1.47. The SMILES string of the molecule is CC(C)(C)OC(=O)N[C@H]1CC[C@H](Oc2ccc3c(c2I)CC(C)(C)c2c(N)ncnc2-3)CC1. The zero-order valence-corrected chi connectivity index (χ0v) is 22.2. The van der Waals surface area contributed by atoms with Crippen LogP contribution in [0.4, 0.5) is 10.6 Å². The average molecular weight is 564 g/mol. The number of benzene rings is 1. The number of alkyl carbamates (subject to hydrolysis) is 1. The minimum Gasteiger partial charge on any atom is -0.489 e. The highest BCUT2D eigenvalue weighted by Gasteiger charge is 2.36. The molecule has 1 heterocycles. The third-order valence-electron chi connectivity index (χ3n) is 6.32. The lowest BCUT2D eigenvalue weighted by molar-refractivity contribution is 0.0470. The number of anilines is 1. The molecule has 178 valence electrons. The fourth-order valence-corrected chi connectivity index (χ4v) is 5.65. The van der Waals surface area contributed by atoms with Crippen LogP contribution in [0, 0.1) is 3.57 Å². The number of carbonyl (C=O) groups is 1. The van der Waals surface area contributed by atoms with E-state index >= 15 is 0 Å². The number of ether oxygens (including phenoxy) is 2. The predicted octanol–water partition coefficient (Wildman–Crippen LogP) is 5.38. The molecule has 0 bridgehead atoms. The van der Waals surface area contributed by atoms with E-state index in [1.807, 2.05) is 26.8 Å². The van der Waals surface area contributed by atoms with E-state index in [0.717, 1.165) is 58.2 Å². The van der Waals surface area contributed by atoms with Crippen molar-refractivity contribution in [1.29, 1.82) is 0 Å². The number of nitrogens with zero attached hydrogens (tertiary/aromatic N) is 2. The zero-order valence-electron chi connectivity index (χ0n) is 20.0. The minimum atomic E-state index is -0.486. The lowest BCUT2D eigenvalue weighted by atomic mass is 9.72. The minimum absolute atomic E-state index is 0.129. The first-order chi connectivity index (χ1) is 15.4. The van der Waals surface area contributed by atoms with Crippen LogP contribution in [0.1, 0.15) is 71.4 Å². The third kappa shape index (κ3) is 5.20. The summed E-state index contributed by atoms with van der Waals surface area (Å²) in [6.07, 6.45) is 5.73. The normalized spacial score (nSPS) is 21.5. The number of fused-ring (bicyclic) bond motifs is 3. The molecule has 1 amide bonds. The molecule has 4 rings (SSSR count). The van der Waals surface area contributed by atoms with Crippen molar-refractivity contribution in [2.24, 2.45) is 0 Å². The molecule has 1 aromatic carbocycles. The second-order valence-electron chi connectivity index (χ2n) is 10.7. The number of aromatic nitrogens is 2. The third-order valence-corrected chi connectivity index (χ3v) is 7.51. The molecule has 1 saturated carbocycles. The van der Waals surface area contributed by atoms with Crippen LogP contribution >= 0.6 is 22.6 Å². The number of amides is 1. The van der Waals surface area contributed by atoms with Gasteiger partial charge in [0.05, 0.1) is 15.4 Å². The molecule has 0 saturated heterocycles. The summed E-state index contributed by atoms with van der Waals surface area (Å²) in [5.41, 5.74) is 9.90. The quantitative estimate of drug-likeness (QED) is 0.486. The fraction of sp³-hybridized carbons (Fsp3) is 0.560. The summed E-state index contributed by atoms with van der Waals surface area (Å²) in [4.78, 5) is 20.9. The van der Waals surface area contributed by atoms with Crippen LogP contribution in [0.15, 0.2) is 18.5 Å². The van der Waals surface area contributed by atoms with Crippen molar-refractivity contribution in [3.05, 3.63) is 33.2 Å². The Balaban J connectivity index is 1.45. The smallest absolute Gasteiger partial charge is 0.407 e. The van der Waals surface area contributed by atoms with E-state index < -0.39 is 5.60 Å². The standard InChI is InChI=1S/C25H33IN4O3/c1-24(2,3)33-23(31)30-14-6-8-15(9-7-14)32-18-11-10-16-17(20(18)26)12-25(4,5)19-21(16)28-13-29-22(19)27/h10-11,13-15H,6-9,12H2,1-5H3,(H,30,31)(H2,27,28,29)/t14-,15-. The second-order valence-corrected chi connectivity index (χ2v) is 11.8. The molecule has 2 aromatic rings. The van der Waals surface area contributed by atoms with Crippen molar-refractivity contribution in [1.82, 2.24) is 15.3 Å². The summed E-state index contributed by atoms with van der Waals surface area (Å²) < 4.78 is 13.0. The Kier molecular flexibility index (Phi) is 6.50. The molecule has 7 nitrogen and oxygen atoms in total. The molecule has 0 spiro atoms. The van der Waals surface area contributed by atoms with Gasteiger partial charge in [0.1, 0.15) is 23.5 Å². The van der Waals surface area contributed by atoms with Crippen LogP contribution in [0.25, 0.3) is 11.3 Å². The first kappa shape index (κ1) is 24.0. The first-order valence-electron chi connectivity index (χ1n) is 11.5. The summed E-state index contributed by atoms with van der Waals surface area (Å²) in [7, 11) is 0. The predicted molar refractivity (Wildman–Crippen MR) is 137 cm³/mol. The highest BCUT2D eigenvalue weighted by molar-refractivity contribution is 14.1. The average Bonchev–Trinajstić information content (AvgIpc) is 2.70. The zero-order chi connectivity index (χ0) is 24.0. The van der Waals surface area contributed by atoms with E-state index in [1.165, 1.54) is 5.56 Å². The number of halogens is 1. The molecule has 1 aromatic heterocycles. The summed E-state index contributed by atoms with van der Waals surface area (Å²) in [6, 6.07) is 4.28. The van der Waals surface area contributed by atoms with Gasteiger partial charge in [-0.25, -0.2) is 14.8 Å². The highest BCUT2D eigenvalue weighted by atomic mass is 127. The van der Waals surface area contributed by atoms with Gasteiger partial charge in [-0.3, -0.25) is 0 Å². The number of hydrogen-bond acceptors (Lipinski definition) is 6. The van der Waals surface area contributed by atoms with Crippen LogP contribution in [-0.2, 0) is 16.6 Å². The van der Waals surface area contributed by atoms with Gasteiger partial charge in [-0.15, -0.1) is 0 Å². The number of nitrogens with two attached hydrogens (primary N) is 1. The molecule has 2 aliphatic rings. The maximum atomic E-state index is 12.1. The Hall–Kier alpha value is -2.10. The molecule has 2 aliphatic carbocycles. The van der Waals surface area contributed by atoms with Crippen molar-refractivity contribution < 1.29 is 14.3 Å². The lowest BCUT2D eigenvalue weighted by Gasteiger charge is -2.35. The van der Waals surface area contributed by atoms with Crippen molar-refractivity contribution >= 4 is 34.5 Å². The second kappa shape index (κ2) is 8.92. The van der Waals surface area contributed by atoms with E-state index in [-0.39, 0.29) is 23.7 Å². The van der Waals surface area contributed by atoms with Crippen LogP contribution in [0.5, 0.6) is 5.75 Å². The van der Waals surface area contributed by atoms with Gasteiger partial charge >= 0.3 is 6.09 Å². The molecule has 8 heteroatoms. The van der Waals surface area contributed by atoms with E-state index in [1.54, 1.807) is 6.33 Å². The molecule has 0 aliphatic heterocycles. The molecule has 33 heavy (non-hydrogen) atoms. The Morgan fingerprint density at radius 3 is 2.55 bits per heavy atom. The van der Waals surface area contributed by atoms with Crippen molar-refractivity contribution in [3.8, 4) is 17.0 Å². The fourth-order valence-electron chi connectivity index (χ4n) is 4.87. The van der Waals surface area contributed by atoms with Crippen molar-refractivity contribution in [3.63, 3.8) is 0 Å². The largest absolute Gasteiger partial charge is 0.489 e. The number of nitrogen functional groups attached to an aromatic ring is 1. The molecule has 0 radical (unpaired) electrons. The molecule has 0 unspecified atom stereocenters. The molecular weight excluding hydrogens is 531 g/mol. The van der Waals surface area contributed by atoms with Gasteiger partial charge in [-0.05, 0) is 98.6 Å². The maximum absolute atomic E-state index is 12.1. The number of nitrogens with one attached hydrogen (secondary N) is 1. The summed E-state index contributed by atoms with van der Waals surface area (Å²) >= 11 is 2.40. The van der Waals surface area contributed by atoms with Gasteiger partial charge in [-0.1, -0.05) is 13.8 Å². The Labute approximate surface area is 209 Å². The molecular formula is C25H33IN4O3. The number of hydrogen-bond donors (Lipinski definition) is 2.